The van der Waals surface area contributed by atoms with E-state index in [1.54, 1.807) is 0 Å². The van der Waals surface area contributed by atoms with Crippen molar-refractivity contribution in [2.24, 2.45) is 5.92 Å². The van der Waals surface area contributed by atoms with Crippen LogP contribution in [-0.2, 0) is 4.79 Å². The zero-order valence-electron chi connectivity index (χ0n) is 14.0. The second kappa shape index (κ2) is 7.15. The number of rotatable bonds is 3. The van der Waals surface area contributed by atoms with Crippen LogP contribution in [0.15, 0.2) is 6.07 Å². The minimum absolute atomic E-state index is 0.316. The van der Waals surface area contributed by atoms with Gasteiger partial charge in [0.1, 0.15) is 5.82 Å². The Kier molecular flexibility index (Phi) is 4.98. The monoisotopic (exact) mass is 317 g/mol. The standard InChI is InChI=1S/C17H27N5O/c1-13-11-15(20-17(18)19-13)21-7-9-22(10-8-21)16(23)12-14-5-3-2-4-6-14/h11,14H,2-10,12H2,1H3,(H2,18,19,20). The van der Waals surface area contributed by atoms with Gasteiger partial charge in [0, 0.05) is 44.4 Å². The van der Waals surface area contributed by atoms with E-state index in [2.05, 4.69) is 14.9 Å². The van der Waals surface area contributed by atoms with Crippen molar-refractivity contribution in [2.45, 2.75) is 45.4 Å². The van der Waals surface area contributed by atoms with Crippen molar-refractivity contribution in [3.8, 4) is 0 Å². The summed E-state index contributed by atoms with van der Waals surface area (Å²) in [6.07, 6.45) is 7.11. The van der Waals surface area contributed by atoms with E-state index >= 15 is 0 Å². The minimum atomic E-state index is 0.316. The van der Waals surface area contributed by atoms with Gasteiger partial charge in [-0.05, 0) is 25.7 Å². The molecule has 0 bridgehead atoms. The summed E-state index contributed by atoms with van der Waals surface area (Å²) in [7, 11) is 0. The molecule has 1 aliphatic heterocycles. The van der Waals surface area contributed by atoms with Gasteiger partial charge >= 0.3 is 0 Å². The lowest BCUT2D eigenvalue weighted by atomic mass is 9.86. The maximum Gasteiger partial charge on any atom is 0.222 e. The first-order valence-corrected chi connectivity index (χ1v) is 8.75. The summed E-state index contributed by atoms with van der Waals surface area (Å²) < 4.78 is 0. The molecule has 1 aromatic heterocycles. The van der Waals surface area contributed by atoms with E-state index in [1.165, 1.54) is 32.1 Å². The van der Waals surface area contributed by atoms with Crippen LogP contribution in [0.5, 0.6) is 0 Å². The molecule has 2 N–H and O–H groups in total. The van der Waals surface area contributed by atoms with Crippen LogP contribution in [0.1, 0.15) is 44.2 Å². The zero-order chi connectivity index (χ0) is 16.2. The molecule has 2 aliphatic rings. The quantitative estimate of drug-likeness (QED) is 0.922. The van der Waals surface area contributed by atoms with E-state index in [0.29, 0.717) is 17.8 Å². The number of piperazine rings is 1. The summed E-state index contributed by atoms with van der Waals surface area (Å²) in [5.41, 5.74) is 6.61. The molecular formula is C17H27N5O. The molecule has 0 spiro atoms. The Hall–Kier alpha value is -1.85. The zero-order valence-corrected chi connectivity index (χ0v) is 14.0. The van der Waals surface area contributed by atoms with Crippen LogP contribution in [0, 0.1) is 12.8 Å². The van der Waals surface area contributed by atoms with Crippen molar-refractivity contribution in [3.63, 3.8) is 0 Å². The molecule has 0 unspecified atom stereocenters. The summed E-state index contributed by atoms with van der Waals surface area (Å²) in [5.74, 6) is 2.12. The molecule has 6 nitrogen and oxygen atoms in total. The summed E-state index contributed by atoms with van der Waals surface area (Å²) in [4.78, 5) is 25.1. The molecule has 6 heteroatoms. The number of hydrogen-bond donors (Lipinski definition) is 1. The maximum absolute atomic E-state index is 12.5. The van der Waals surface area contributed by atoms with E-state index in [0.717, 1.165) is 44.1 Å². The predicted octanol–water partition coefficient (Wildman–Crippen LogP) is 1.99. The topological polar surface area (TPSA) is 75.3 Å². The number of nitrogens with zero attached hydrogens (tertiary/aromatic N) is 4. The highest BCUT2D eigenvalue weighted by Crippen LogP contribution is 2.27. The lowest BCUT2D eigenvalue weighted by molar-refractivity contribution is -0.132. The van der Waals surface area contributed by atoms with Gasteiger partial charge in [-0.15, -0.1) is 0 Å². The van der Waals surface area contributed by atoms with Crippen LogP contribution < -0.4 is 10.6 Å². The van der Waals surface area contributed by atoms with Crippen LogP contribution >= 0.6 is 0 Å². The number of aromatic nitrogens is 2. The first-order valence-electron chi connectivity index (χ1n) is 8.75. The molecule has 2 heterocycles. The molecule has 0 aromatic carbocycles. The summed E-state index contributed by atoms with van der Waals surface area (Å²) in [5, 5.41) is 0. The normalized spacial score (nSPS) is 19.9. The fourth-order valence-electron chi connectivity index (χ4n) is 3.69. The van der Waals surface area contributed by atoms with Crippen LogP contribution in [0.2, 0.25) is 0 Å². The highest BCUT2D eigenvalue weighted by molar-refractivity contribution is 5.76. The Bertz CT molecular complexity index is 528. The molecular weight excluding hydrogens is 290 g/mol. The summed E-state index contributed by atoms with van der Waals surface area (Å²) >= 11 is 0. The number of aryl methyl sites for hydroxylation is 1. The Balaban J connectivity index is 1.52. The van der Waals surface area contributed by atoms with E-state index < -0.39 is 0 Å². The highest BCUT2D eigenvalue weighted by atomic mass is 16.2. The number of nitrogen functional groups attached to an aromatic ring is 1. The third-order valence-corrected chi connectivity index (χ3v) is 5.00. The lowest BCUT2D eigenvalue weighted by Gasteiger charge is -2.36. The largest absolute Gasteiger partial charge is 0.368 e. The Labute approximate surface area is 138 Å². The van der Waals surface area contributed by atoms with Crippen molar-refractivity contribution in [1.29, 1.82) is 0 Å². The first kappa shape index (κ1) is 16.0. The smallest absolute Gasteiger partial charge is 0.222 e. The highest BCUT2D eigenvalue weighted by Gasteiger charge is 2.25. The fraction of sp³-hybridized carbons (Fsp3) is 0.706. The molecule has 3 rings (SSSR count). The van der Waals surface area contributed by atoms with E-state index in [1.807, 2.05) is 17.9 Å². The number of anilines is 2. The SMILES string of the molecule is Cc1cc(N2CCN(C(=O)CC3CCCCC3)CC2)nc(N)n1. The van der Waals surface area contributed by atoms with Crippen molar-refractivity contribution in [2.75, 3.05) is 36.8 Å². The van der Waals surface area contributed by atoms with Crippen molar-refractivity contribution in [1.82, 2.24) is 14.9 Å². The average Bonchev–Trinajstić information content (AvgIpc) is 2.55. The first-order chi connectivity index (χ1) is 11.1. The molecule has 1 saturated heterocycles. The van der Waals surface area contributed by atoms with E-state index in [9.17, 15) is 4.79 Å². The summed E-state index contributed by atoms with van der Waals surface area (Å²) in [6, 6.07) is 1.95. The third kappa shape index (κ3) is 4.12. The molecule has 2 fully saturated rings. The van der Waals surface area contributed by atoms with Gasteiger partial charge in [-0.3, -0.25) is 4.79 Å². The Morgan fingerprint density at radius 2 is 1.87 bits per heavy atom. The predicted molar refractivity (Wildman–Crippen MR) is 91.2 cm³/mol. The lowest BCUT2D eigenvalue weighted by Crippen LogP contribution is -2.49. The molecule has 126 valence electrons. The van der Waals surface area contributed by atoms with Gasteiger partial charge in [0.25, 0.3) is 0 Å². The van der Waals surface area contributed by atoms with Crippen LogP contribution in [0.4, 0.5) is 11.8 Å². The molecule has 1 aliphatic carbocycles. The number of amides is 1. The Morgan fingerprint density at radius 1 is 1.17 bits per heavy atom. The Morgan fingerprint density at radius 3 is 2.52 bits per heavy atom. The number of hydrogen-bond acceptors (Lipinski definition) is 5. The van der Waals surface area contributed by atoms with Gasteiger partial charge in [-0.25, -0.2) is 4.98 Å². The molecule has 1 aromatic rings. The van der Waals surface area contributed by atoms with Gasteiger partial charge < -0.3 is 15.5 Å². The molecule has 0 radical (unpaired) electrons. The van der Waals surface area contributed by atoms with Gasteiger partial charge in [-0.1, -0.05) is 19.3 Å². The second-order valence-corrected chi connectivity index (χ2v) is 6.80. The summed E-state index contributed by atoms with van der Waals surface area (Å²) in [6.45, 7) is 5.09. The number of carbonyl (C=O) groups excluding carboxylic acids is 1. The van der Waals surface area contributed by atoms with Crippen LogP contribution in [0.25, 0.3) is 0 Å². The van der Waals surface area contributed by atoms with Crippen molar-refractivity contribution in [3.05, 3.63) is 11.8 Å². The minimum Gasteiger partial charge on any atom is -0.368 e. The van der Waals surface area contributed by atoms with E-state index in [4.69, 9.17) is 5.73 Å². The molecule has 23 heavy (non-hydrogen) atoms. The van der Waals surface area contributed by atoms with Gasteiger partial charge in [0.15, 0.2) is 0 Å². The van der Waals surface area contributed by atoms with Gasteiger partial charge in [-0.2, -0.15) is 4.98 Å². The average molecular weight is 317 g/mol. The molecule has 0 atom stereocenters. The molecule has 1 saturated carbocycles. The second-order valence-electron chi connectivity index (χ2n) is 6.80. The maximum atomic E-state index is 12.5. The molecule has 1 amide bonds. The van der Waals surface area contributed by atoms with Crippen molar-refractivity contribution >= 4 is 17.7 Å². The number of carbonyl (C=O) groups is 1. The van der Waals surface area contributed by atoms with Crippen molar-refractivity contribution < 1.29 is 4.79 Å². The van der Waals surface area contributed by atoms with Gasteiger partial charge in [0.05, 0.1) is 0 Å². The van der Waals surface area contributed by atoms with Gasteiger partial charge in [0.2, 0.25) is 11.9 Å². The van der Waals surface area contributed by atoms with Crippen LogP contribution in [0.3, 0.4) is 0 Å². The fourth-order valence-corrected chi connectivity index (χ4v) is 3.69. The van der Waals surface area contributed by atoms with E-state index in [-0.39, 0.29) is 0 Å². The number of nitrogens with two attached hydrogens (primary N) is 1. The van der Waals surface area contributed by atoms with Crippen LogP contribution in [-0.4, -0.2) is 47.0 Å². The third-order valence-electron chi connectivity index (χ3n) is 5.00.